The maximum atomic E-state index is 15.0. The molecule has 18 N–H and O–H groups in total. The number of unbranched alkanes of at least 4 members (excludes halogenated alkanes) is 1. The number of imidazole rings is 1. The Kier molecular flexibility index (Phi) is 30.7. The zero-order chi connectivity index (χ0) is 70.2. The van der Waals surface area contributed by atoms with Crippen molar-refractivity contribution in [2.75, 3.05) is 56.3 Å². The van der Waals surface area contributed by atoms with Crippen LogP contribution in [0.25, 0.3) is 0 Å². The zero-order valence-corrected chi connectivity index (χ0v) is 57.1. The van der Waals surface area contributed by atoms with Crippen molar-refractivity contribution in [1.82, 2.24) is 78.7 Å². The van der Waals surface area contributed by atoms with Gasteiger partial charge in [-0.2, -0.15) is 0 Å². The summed E-state index contributed by atoms with van der Waals surface area (Å²) < 4.78 is 5.31. The molecular formula is C59H87N17O16S4. The van der Waals surface area contributed by atoms with Gasteiger partial charge in [-0.25, -0.2) is 4.98 Å². The number of ether oxygens (including phenoxy) is 1. The topological polar surface area (TPSA) is 497 Å². The number of methoxy groups -OCH3 is 1. The summed E-state index contributed by atoms with van der Waals surface area (Å²) in [6, 6.07) is -8.88. The Labute approximate surface area is 570 Å². The van der Waals surface area contributed by atoms with Crippen LogP contribution in [0.2, 0.25) is 0 Å². The predicted molar refractivity (Wildman–Crippen MR) is 356 cm³/mol. The quantitative estimate of drug-likeness (QED) is 0.0463. The Bertz CT molecular complexity index is 3100. The summed E-state index contributed by atoms with van der Waals surface area (Å²) in [5.74, 6) is -13.5. The zero-order valence-electron chi connectivity index (χ0n) is 53.8. The summed E-state index contributed by atoms with van der Waals surface area (Å²) in [6.07, 6.45) is 1.85. The molecule has 5 heterocycles. The molecule has 33 nitrogen and oxygen atoms in total. The molecule has 0 aliphatic carbocycles. The second kappa shape index (κ2) is 38.2. The van der Waals surface area contributed by atoms with Crippen LogP contribution in [0, 0.1) is 11.8 Å². The van der Waals surface area contributed by atoms with Crippen molar-refractivity contribution in [1.29, 1.82) is 0 Å². The minimum absolute atomic E-state index is 0.00345. The van der Waals surface area contributed by atoms with Gasteiger partial charge in [-0.15, -0.1) is 0 Å². The van der Waals surface area contributed by atoms with Gasteiger partial charge in [0.05, 0.1) is 32.6 Å². The van der Waals surface area contributed by atoms with E-state index < -0.39 is 175 Å². The smallest absolute Gasteiger partial charge is 0.246 e. The molecule has 2 bridgehead atoms. The average Bonchev–Trinajstić information content (AvgIpc) is 1.64. The number of nitrogens with one attached hydrogen (secondary N) is 13. The lowest BCUT2D eigenvalue weighted by atomic mass is 10.0. The average molecular weight is 1420 g/mol. The number of benzene rings is 1. The molecule has 2 aromatic rings. The van der Waals surface area contributed by atoms with Gasteiger partial charge in [0, 0.05) is 67.1 Å². The fourth-order valence-corrected chi connectivity index (χ4v) is 15.2. The number of aromatic nitrogens is 2. The number of carbonyl (C=O) groups is 14. The molecule has 4 saturated heterocycles. The molecule has 0 radical (unpaired) electrons. The van der Waals surface area contributed by atoms with E-state index in [0.717, 1.165) is 48.1 Å². The van der Waals surface area contributed by atoms with Crippen LogP contribution in [0.5, 0.6) is 5.75 Å². The van der Waals surface area contributed by atoms with Gasteiger partial charge < -0.3 is 95.0 Å². The Balaban J connectivity index is 1.41. The first kappa shape index (κ1) is 77.1. The standard InChI is InChI=1S/C59H87N17O16S4/c1-29(2)16-37-53(85)73-42-26-96-94-25-41(51(83)64-21-46(79)67-38(17-31-9-11-34(92-5)12-10-31)54(86)68-35(52(84)69-37)8-6-7-15-60)72-56(88)43(74-58(90)48(30(3)4)75-47(80)22-63-50(82)36-13-14-45(78)66-36)27-95-93-24-40(49(61)81)71-57(89)44-19-33(77)23-76(44)59(91)39(70-55(42)87)18-32-20-62-28-65-32/h9-12,20,28-30,33,35-44,48,77H,6-8,13-19,21-27,60H2,1-5H3,(H2,61,81)(H,62,65)(H,63,82)(H,64,83)(H,66,78)(H,67,79)(H,68,86)(H,69,84)(H,70,87)(H,71,89)(H,72,88)(H,73,85)(H,74,90)(H,75,80)/t33-,35+,36+,37+,38+,39+,40+,41+,42+,43+,44+,48+/m1/s1. The maximum absolute atomic E-state index is 15.0. The highest BCUT2D eigenvalue weighted by atomic mass is 33.1. The van der Waals surface area contributed by atoms with Crippen LogP contribution in [0.4, 0.5) is 0 Å². The van der Waals surface area contributed by atoms with E-state index in [0.29, 0.717) is 29.8 Å². The summed E-state index contributed by atoms with van der Waals surface area (Å²) in [7, 11) is 5.16. The van der Waals surface area contributed by atoms with Crippen molar-refractivity contribution in [2.24, 2.45) is 23.3 Å². The normalized spacial score (nSPS) is 26.2. The lowest BCUT2D eigenvalue weighted by molar-refractivity contribution is -0.142. The minimum Gasteiger partial charge on any atom is -0.497 e. The molecule has 0 spiro atoms. The molecule has 528 valence electrons. The van der Waals surface area contributed by atoms with E-state index in [1.165, 1.54) is 19.6 Å². The molecule has 4 aliphatic rings. The first-order valence-corrected chi connectivity index (χ1v) is 36.3. The highest BCUT2D eigenvalue weighted by Gasteiger charge is 2.44. The largest absolute Gasteiger partial charge is 0.497 e. The van der Waals surface area contributed by atoms with E-state index in [9.17, 15) is 72.2 Å². The summed E-state index contributed by atoms with van der Waals surface area (Å²) >= 11 is 0. The number of aliphatic hydroxyl groups is 1. The maximum Gasteiger partial charge on any atom is 0.246 e. The van der Waals surface area contributed by atoms with Crippen molar-refractivity contribution >= 4 is 126 Å². The number of fused-ring (bicyclic) bond motifs is 6. The number of aliphatic hydroxyl groups excluding tert-OH is 1. The number of hydrogen-bond donors (Lipinski definition) is 16. The van der Waals surface area contributed by atoms with Gasteiger partial charge in [0.15, 0.2) is 0 Å². The van der Waals surface area contributed by atoms with Crippen molar-refractivity contribution < 1.29 is 77.0 Å². The number of rotatable bonds is 19. The number of carbonyl (C=O) groups excluding carboxylic acids is 14. The SMILES string of the molecule is COc1ccc(C[C@@H]2NC(=O)CNC(=O)[C@@H]3CSSC[C@H](NC(=O)[C@H](CC(C)C)NC(=O)[C@H](CCCCN)NC2=O)C(=O)N[C@@H](Cc2cnc[nH]2)C(=O)N2C[C@H](O)C[C@H]2C(=O)N[C@H](C(N)=O)CSSC[C@H](NC(=O)[C@@H](NC(=O)CNC(=O)[C@@H]2CCC(=O)N2)C(C)C)C(=O)N3)cc1. The van der Waals surface area contributed by atoms with E-state index in [4.69, 9.17) is 16.2 Å². The van der Waals surface area contributed by atoms with Gasteiger partial charge >= 0.3 is 0 Å². The Morgan fingerprint density at radius 1 is 0.708 bits per heavy atom. The van der Waals surface area contributed by atoms with E-state index in [2.05, 4.69) is 73.8 Å². The number of nitrogens with two attached hydrogens (primary N) is 2. The van der Waals surface area contributed by atoms with Crippen molar-refractivity contribution in [2.45, 2.75) is 158 Å². The molecule has 0 unspecified atom stereocenters. The Hall–Kier alpha value is -7.87. The number of primary amides is 1. The number of H-pyrrole nitrogens is 1. The van der Waals surface area contributed by atoms with E-state index >= 15 is 0 Å². The van der Waals surface area contributed by atoms with Crippen LogP contribution in [0.1, 0.15) is 83.9 Å². The second-order valence-electron chi connectivity index (χ2n) is 24.1. The van der Waals surface area contributed by atoms with E-state index in [1.54, 1.807) is 52.0 Å². The first-order chi connectivity index (χ1) is 45.7. The molecule has 12 atom stereocenters. The summed E-state index contributed by atoms with van der Waals surface area (Å²) in [6.45, 7) is 5.21. The molecule has 6 rings (SSSR count). The van der Waals surface area contributed by atoms with Crippen LogP contribution in [-0.2, 0) is 80.0 Å². The molecule has 1 aromatic carbocycles. The van der Waals surface area contributed by atoms with Crippen LogP contribution in [0.3, 0.4) is 0 Å². The van der Waals surface area contributed by atoms with Gasteiger partial charge in [-0.3, -0.25) is 67.1 Å². The molecule has 4 aliphatic heterocycles. The summed E-state index contributed by atoms with van der Waals surface area (Å²) in [5, 5.41) is 42.4. The van der Waals surface area contributed by atoms with Gasteiger partial charge in [0.1, 0.15) is 72.2 Å². The fraction of sp³-hybridized carbons (Fsp3) is 0.610. The van der Waals surface area contributed by atoms with Crippen molar-refractivity contribution in [3.05, 3.63) is 48.0 Å². The molecule has 0 saturated carbocycles. The molecule has 4 fully saturated rings. The monoisotopic (exact) mass is 1420 g/mol. The van der Waals surface area contributed by atoms with Gasteiger partial charge in [0.2, 0.25) is 82.7 Å². The number of amides is 14. The van der Waals surface area contributed by atoms with Gasteiger partial charge in [-0.1, -0.05) is 83.0 Å². The minimum atomic E-state index is -1.59. The van der Waals surface area contributed by atoms with E-state index in [1.807, 2.05) is 0 Å². The van der Waals surface area contributed by atoms with E-state index in [-0.39, 0.29) is 86.3 Å². The Morgan fingerprint density at radius 2 is 1.35 bits per heavy atom. The van der Waals surface area contributed by atoms with Crippen LogP contribution in [-0.4, -0.2) is 232 Å². The fourth-order valence-electron chi connectivity index (χ4n) is 10.5. The molecule has 96 heavy (non-hydrogen) atoms. The summed E-state index contributed by atoms with van der Waals surface area (Å²) in [4.78, 5) is 205. The first-order valence-electron chi connectivity index (χ1n) is 31.4. The van der Waals surface area contributed by atoms with Crippen molar-refractivity contribution in [3.8, 4) is 5.75 Å². The van der Waals surface area contributed by atoms with Gasteiger partial charge in [-0.05, 0) is 68.2 Å². The number of aromatic amines is 1. The molecular weight excluding hydrogens is 1330 g/mol. The van der Waals surface area contributed by atoms with Crippen molar-refractivity contribution in [3.63, 3.8) is 0 Å². The highest BCUT2D eigenvalue weighted by Crippen LogP contribution is 2.27. The van der Waals surface area contributed by atoms with Crippen LogP contribution in [0.15, 0.2) is 36.8 Å². The van der Waals surface area contributed by atoms with Crippen LogP contribution >= 0.6 is 43.2 Å². The molecule has 1 aromatic heterocycles. The summed E-state index contributed by atoms with van der Waals surface area (Å²) in [5.41, 5.74) is 12.5. The lowest BCUT2D eigenvalue weighted by Gasteiger charge is -2.31. The number of nitrogens with zero attached hydrogens (tertiary/aromatic N) is 2. The van der Waals surface area contributed by atoms with Gasteiger partial charge in [0.25, 0.3) is 0 Å². The second-order valence-corrected chi connectivity index (χ2v) is 29.2. The predicted octanol–water partition coefficient (Wildman–Crippen LogP) is -4.85. The van der Waals surface area contributed by atoms with Crippen LogP contribution < -0.4 is 80.0 Å². The molecule has 14 amide bonds. The third kappa shape index (κ3) is 24.0. The molecule has 37 heteroatoms. The third-order valence-electron chi connectivity index (χ3n) is 15.7. The lowest BCUT2D eigenvalue weighted by Crippen LogP contribution is -2.61. The highest BCUT2D eigenvalue weighted by molar-refractivity contribution is 8.77. The Morgan fingerprint density at radius 3 is 1.99 bits per heavy atom. The number of hydrogen-bond acceptors (Lipinski definition) is 22. The third-order valence-corrected chi connectivity index (χ3v) is 20.6.